The second-order valence-electron chi connectivity index (χ2n) is 5.70. The van der Waals surface area contributed by atoms with Gasteiger partial charge in [-0.05, 0) is 41.5 Å². The van der Waals surface area contributed by atoms with E-state index in [1.165, 1.54) is 19.6 Å². The summed E-state index contributed by atoms with van der Waals surface area (Å²) in [6.07, 6.45) is 1.05. The number of esters is 2. The monoisotopic (exact) mass is 310 g/mol. The maximum atomic E-state index is 11.9. The van der Waals surface area contributed by atoms with E-state index in [0.29, 0.717) is 17.4 Å². The van der Waals surface area contributed by atoms with Crippen molar-refractivity contribution in [3.05, 3.63) is 65.2 Å². The van der Waals surface area contributed by atoms with Crippen molar-refractivity contribution in [2.75, 3.05) is 7.11 Å². The normalized spacial score (nSPS) is 19.0. The van der Waals surface area contributed by atoms with Crippen LogP contribution < -0.4 is 4.74 Å². The average Bonchev–Trinajstić information content (AvgIpc) is 3.35. The van der Waals surface area contributed by atoms with E-state index in [4.69, 9.17) is 9.47 Å². The van der Waals surface area contributed by atoms with Crippen molar-refractivity contribution in [2.45, 2.75) is 25.2 Å². The van der Waals surface area contributed by atoms with E-state index < -0.39 is 11.9 Å². The van der Waals surface area contributed by atoms with Crippen LogP contribution in [-0.2, 0) is 9.53 Å². The van der Waals surface area contributed by atoms with Crippen LogP contribution in [0.1, 0.15) is 46.7 Å². The van der Waals surface area contributed by atoms with E-state index in [9.17, 15) is 9.59 Å². The smallest absolute Gasteiger partial charge is 0.341 e. The molecule has 0 saturated heterocycles. The van der Waals surface area contributed by atoms with Gasteiger partial charge in [0.15, 0.2) is 0 Å². The average molecular weight is 310 g/mol. The predicted octanol–water partition coefficient (Wildman–Crippen LogP) is 3.67. The van der Waals surface area contributed by atoms with Gasteiger partial charge in [0, 0.05) is 6.92 Å². The number of methoxy groups -OCH3 is 1. The Morgan fingerprint density at radius 3 is 2.35 bits per heavy atom. The summed E-state index contributed by atoms with van der Waals surface area (Å²) in [6, 6.07) is 15.7. The first-order valence-electron chi connectivity index (χ1n) is 7.55. The second kappa shape index (κ2) is 6.24. The Hall–Kier alpha value is -2.62. The Balaban J connectivity index is 1.87. The lowest BCUT2D eigenvalue weighted by Crippen LogP contribution is -2.09. The standard InChI is InChI=1S/C19H18O4/c1-12(20)23-18-9-8-14(10-17(18)19(21)22-2)16-11-15(16)13-6-4-3-5-7-13/h3-10,15-16H,11H2,1-2H3. The fraction of sp³-hybridized carbons (Fsp3) is 0.263. The van der Waals surface area contributed by atoms with Gasteiger partial charge in [-0.3, -0.25) is 4.79 Å². The topological polar surface area (TPSA) is 52.6 Å². The van der Waals surface area contributed by atoms with Gasteiger partial charge in [-0.1, -0.05) is 36.4 Å². The Bertz CT molecular complexity index is 736. The quantitative estimate of drug-likeness (QED) is 0.638. The summed E-state index contributed by atoms with van der Waals surface area (Å²) in [5, 5.41) is 0. The molecule has 1 aliphatic carbocycles. The molecule has 0 spiro atoms. The van der Waals surface area contributed by atoms with E-state index in [2.05, 4.69) is 12.1 Å². The summed E-state index contributed by atoms with van der Waals surface area (Å²) in [7, 11) is 1.32. The van der Waals surface area contributed by atoms with E-state index in [0.717, 1.165) is 12.0 Å². The highest BCUT2D eigenvalue weighted by Crippen LogP contribution is 2.54. The molecular weight excluding hydrogens is 292 g/mol. The zero-order valence-electron chi connectivity index (χ0n) is 13.1. The maximum Gasteiger partial charge on any atom is 0.341 e. The van der Waals surface area contributed by atoms with Gasteiger partial charge in [-0.25, -0.2) is 4.79 Å². The van der Waals surface area contributed by atoms with Gasteiger partial charge in [0.05, 0.1) is 7.11 Å². The van der Waals surface area contributed by atoms with Crippen molar-refractivity contribution in [2.24, 2.45) is 0 Å². The number of carbonyl (C=O) groups excluding carboxylic acids is 2. The van der Waals surface area contributed by atoms with Crippen LogP contribution in [0.3, 0.4) is 0 Å². The number of ether oxygens (including phenoxy) is 2. The molecule has 0 heterocycles. The number of hydrogen-bond acceptors (Lipinski definition) is 4. The minimum absolute atomic E-state index is 0.241. The molecular formula is C19H18O4. The van der Waals surface area contributed by atoms with E-state index in [1.54, 1.807) is 12.1 Å². The Kier molecular flexibility index (Phi) is 4.15. The third-order valence-corrected chi connectivity index (χ3v) is 4.11. The molecule has 0 N–H and O–H groups in total. The Morgan fingerprint density at radius 2 is 1.70 bits per heavy atom. The van der Waals surface area contributed by atoms with Crippen LogP contribution >= 0.6 is 0 Å². The van der Waals surface area contributed by atoms with Crippen molar-refractivity contribution in [1.29, 1.82) is 0 Å². The van der Waals surface area contributed by atoms with Gasteiger partial charge in [-0.2, -0.15) is 0 Å². The molecule has 23 heavy (non-hydrogen) atoms. The van der Waals surface area contributed by atoms with Crippen molar-refractivity contribution in [3.8, 4) is 5.75 Å². The Labute approximate surface area is 135 Å². The molecule has 2 aromatic carbocycles. The number of hydrogen-bond donors (Lipinski definition) is 0. The van der Waals surface area contributed by atoms with Crippen LogP contribution in [0.2, 0.25) is 0 Å². The van der Waals surface area contributed by atoms with Crippen LogP contribution in [-0.4, -0.2) is 19.0 Å². The van der Waals surface area contributed by atoms with Crippen molar-refractivity contribution in [1.82, 2.24) is 0 Å². The third kappa shape index (κ3) is 3.26. The molecule has 0 aliphatic heterocycles. The first kappa shape index (κ1) is 15.3. The number of carbonyl (C=O) groups is 2. The molecule has 118 valence electrons. The van der Waals surface area contributed by atoms with Gasteiger partial charge >= 0.3 is 11.9 Å². The number of rotatable bonds is 4. The molecule has 2 atom stereocenters. The highest BCUT2D eigenvalue weighted by molar-refractivity contribution is 5.93. The maximum absolute atomic E-state index is 11.9. The van der Waals surface area contributed by atoms with E-state index in [1.807, 2.05) is 24.3 Å². The molecule has 0 radical (unpaired) electrons. The van der Waals surface area contributed by atoms with Gasteiger partial charge in [0.1, 0.15) is 11.3 Å². The second-order valence-corrected chi connectivity index (χ2v) is 5.70. The lowest BCUT2D eigenvalue weighted by Gasteiger charge is -2.10. The molecule has 1 aliphatic rings. The van der Waals surface area contributed by atoms with Crippen molar-refractivity contribution < 1.29 is 19.1 Å². The minimum Gasteiger partial charge on any atom is -0.465 e. The van der Waals surface area contributed by atoms with Crippen LogP contribution in [0.15, 0.2) is 48.5 Å². The highest BCUT2D eigenvalue weighted by Gasteiger charge is 2.39. The van der Waals surface area contributed by atoms with Crippen LogP contribution in [0, 0.1) is 0 Å². The molecule has 0 aromatic heterocycles. The Morgan fingerprint density at radius 1 is 1.00 bits per heavy atom. The molecule has 1 fully saturated rings. The lowest BCUT2D eigenvalue weighted by molar-refractivity contribution is -0.131. The summed E-state index contributed by atoms with van der Waals surface area (Å²) in [5.41, 5.74) is 2.66. The van der Waals surface area contributed by atoms with Crippen LogP contribution in [0.5, 0.6) is 5.75 Å². The molecule has 0 bridgehead atoms. The summed E-state index contributed by atoms with van der Waals surface area (Å²) in [6.45, 7) is 1.31. The van der Waals surface area contributed by atoms with Gasteiger partial charge < -0.3 is 9.47 Å². The summed E-state index contributed by atoms with van der Waals surface area (Å²) >= 11 is 0. The van der Waals surface area contributed by atoms with Crippen LogP contribution in [0.4, 0.5) is 0 Å². The molecule has 4 heteroatoms. The first-order valence-corrected chi connectivity index (χ1v) is 7.55. The third-order valence-electron chi connectivity index (χ3n) is 4.11. The van der Waals surface area contributed by atoms with Crippen molar-refractivity contribution in [3.63, 3.8) is 0 Å². The van der Waals surface area contributed by atoms with Crippen molar-refractivity contribution >= 4 is 11.9 Å². The van der Waals surface area contributed by atoms with Gasteiger partial charge in [0.25, 0.3) is 0 Å². The largest absolute Gasteiger partial charge is 0.465 e. The first-order chi connectivity index (χ1) is 11.1. The summed E-state index contributed by atoms with van der Waals surface area (Å²) in [5.74, 6) is 0.134. The minimum atomic E-state index is -0.500. The summed E-state index contributed by atoms with van der Waals surface area (Å²) in [4.78, 5) is 23.1. The molecule has 0 amide bonds. The predicted molar refractivity (Wildman–Crippen MR) is 85.6 cm³/mol. The van der Waals surface area contributed by atoms with Gasteiger partial charge in [-0.15, -0.1) is 0 Å². The SMILES string of the molecule is COC(=O)c1cc(C2CC2c2ccccc2)ccc1OC(C)=O. The van der Waals surface area contributed by atoms with E-state index in [-0.39, 0.29) is 5.75 Å². The van der Waals surface area contributed by atoms with Gasteiger partial charge in [0.2, 0.25) is 0 Å². The molecule has 2 unspecified atom stereocenters. The molecule has 4 nitrogen and oxygen atoms in total. The number of benzene rings is 2. The fourth-order valence-corrected chi connectivity index (χ4v) is 2.92. The molecule has 1 saturated carbocycles. The zero-order valence-corrected chi connectivity index (χ0v) is 13.1. The van der Waals surface area contributed by atoms with Crippen LogP contribution in [0.25, 0.3) is 0 Å². The molecule has 2 aromatic rings. The summed E-state index contributed by atoms with van der Waals surface area (Å²) < 4.78 is 9.89. The molecule has 3 rings (SSSR count). The highest BCUT2D eigenvalue weighted by atomic mass is 16.5. The van der Waals surface area contributed by atoms with E-state index >= 15 is 0 Å². The fourth-order valence-electron chi connectivity index (χ4n) is 2.92. The lowest BCUT2D eigenvalue weighted by atomic mass is 10.0. The zero-order chi connectivity index (χ0) is 16.4.